The molecule has 18 heavy (non-hydrogen) atoms. The summed E-state index contributed by atoms with van der Waals surface area (Å²) >= 11 is 0. The Morgan fingerprint density at radius 3 is 2.83 bits per heavy atom. The molecule has 1 atom stereocenters. The average Bonchev–Trinajstić information content (AvgIpc) is 2.74. The highest BCUT2D eigenvalue weighted by atomic mass is 15.0. The van der Waals surface area contributed by atoms with Crippen LogP contribution in [0.5, 0.6) is 0 Å². The Kier molecular flexibility index (Phi) is 4.43. The summed E-state index contributed by atoms with van der Waals surface area (Å²) < 4.78 is 2.42. The lowest BCUT2D eigenvalue weighted by Crippen LogP contribution is -2.10. The van der Waals surface area contributed by atoms with Crippen molar-refractivity contribution in [3.63, 3.8) is 0 Å². The smallest absolute Gasteiger partial charge is 0.0525 e. The Bertz CT molecular complexity index is 499. The molecule has 0 bridgehead atoms. The molecule has 0 spiro atoms. The molecule has 2 nitrogen and oxygen atoms in total. The zero-order chi connectivity index (χ0) is 13.0. The Morgan fingerprint density at radius 2 is 2.11 bits per heavy atom. The minimum absolute atomic E-state index is 0.744. The topological polar surface area (TPSA) is 17.0 Å². The van der Waals surface area contributed by atoms with Gasteiger partial charge in [-0.05, 0) is 36.4 Å². The molecule has 0 aliphatic rings. The number of para-hydroxylation sites is 1. The maximum Gasteiger partial charge on any atom is 0.0525 e. The highest BCUT2D eigenvalue weighted by molar-refractivity contribution is 5.83. The van der Waals surface area contributed by atoms with Gasteiger partial charge < -0.3 is 9.88 Å². The highest BCUT2D eigenvalue weighted by Gasteiger charge is 2.08. The van der Waals surface area contributed by atoms with Crippen molar-refractivity contribution in [3.05, 3.63) is 36.0 Å². The normalized spacial score (nSPS) is 13.1. The van der Waals surface area contributed by atoms with Crippen LogP contribution in [0, 0.1) is 5.92 Å². The molecule has 1 heterocycles. The third kappa shape index (κ3) is 2.75. The van der Waals surface area contributed by atoms with Gasteiger partial charge in [0.05, 0.1) is 5.52 Å². The number of benzene rings is 1. The molecule has 1 unspecified atom stereocenters. The maximum atomic E-state index is 3.26. The van der Waals surface area contributed by atoms with Gasteiger partial charge in [0.2, 0.25) is 0 Å². The van der Waals surface area contributed by atoms with Gasteiger partial charge in [-0.15, -0.1) is 0 Å². The lowest BCUT2D eigenvalue weighted by molar-refractivity contribution is 0.453. The standard InChI is InChI=1S/C16H24N2/c1-4-6-13(2)12-18-10-9-14-7-5-8-15(11-17-3)16(14)18/h5,7-10,13,17H,4,6,11-12H2,1-3H3. The third-order valence-corrected chi connectivity index (χ3v) is 3.53. The minimum atomic E-state index is 0.744. The van der Waals surface area contributed by atoms with E-state index in [0.717, 1.165) is 19.0 Å². The molecule has 0 fully saturated rings. The molecule has 2 rings (SSSR count). The van der Waals surface area contributed by atoms with Gasteiger partial charge in [-0.25, -0.2) is 0 Å². The summed E-state index contributed by atoms with van der Waals surface area (Å²) in [7, 11) is 2.01. The van der Waals surface area contributed by atoms with Crippen molar-refractivity contribution in [1.29, 1.82) is 0 Å². The molecule has 2 aromatic rings. The molecule has 0 radical (unpaired) electrons. The van der Waals surface area contributed by atoms with E-state index in [1.54, 1.807) is 0 Å². The van der Waals surface area contributed by atoms with E-state index in [1.165, 1.54) is 29.3 Å². The first-order valence-corrected chi connectivity index (χ1v) is 6.97. The quantitative estimate of drug-likeness (QED) is 0.818. The molecule has 0 saturated heterocycles. The van der Waals surface area contributed by atoms with Gasteiger partial charge in [-0.2, -0.15) is 0 Å². The number of aromatic nitrogens is 1. The summed E-state index contributed by atoms with van der Waals surface area (Å²) in [6.07, 6.45) is 4.80. The van der Waals surface area contributed by atoms with E-state index in [4.69, 9.17) is 0 Å². The summed E-state index contributed by atoms with van der Waals surface area (Å²) in [5.41, 5.74) is 2.79. The summed E-state index contributed by atoms with van der Waals surface area (Å²) in [5.74, 6) is 0.744. The van der Waals surface area contributed by atoms with Crippen molar-refractivity contribution < 1.29 is 0 Å². The predicted molar refractivity (Wildman–Crippen MR) is 78.8 cm³/mol. The first-order valence-electron chi connectivity index (χ1n) is 6.97. The molecule has 1 N–H and O–H groups in total. The van der Waals surface area contributed by atoms with Crippen LogP contribution in [0.4, 0.5) is 0 Å². The monoisotopic (exact) mass is 244 g/mol. The van der Waals surface area contributed by atoms with Crippen LogP contribution in [0.15, 0.2) is 30.5 Å². The van der Waals surface area contributed by atoms with Gasteiger partial charge in [-0.1, -0.05) is 38.5 Å². The molecule has 0 amide bonds. The molecule has 0 aliphatic carbocycles. The lowest BCUT2D eigenvalue weighted by atomic mass is 10.1. The Morgan fingerprint density at radius 1 is 1.28 bits per heavy atom. The largest absolute Gasteiger partial charge is 0.347 e. The fraction of sp³-hybridized carbons (Fsp3) is 0.500. The van der Waals surface area contributed by atoms with E-state index >= 15 is 0 Å². The summed E-state index contributed by atoms with van der Waals surface area (Å²) in [4.78, 5) is 0. The number of hydrogen-bond donors (Lipinski definition) is 1. The van der Waals surface area contributed by atoms with Gasteiger partial charge in [0, 0.05) is 19.3 Å². The van der Waals surface area contributed by atoms with Gasteiger partial charge in [0.25, 0.3) is 0 Å². The van der Waals surface area contributed by atoms with Crippen LogP contribution < -0.4 is 5.32 Å². The Hall–Kier alpha value is -1.28. The van der Waals surface area contributed by atoms with Crippen LogP contribution in [0.25, 0.3) is 10.9 Å². The van der Waals surface area contributed by atoms with Crippen LogP contribution >= 0.6 is 0 Å². The summed E-state index contributed by atoms with van der Waals surface area (Å²) in [6.45, 7) is 6.66. The second-order valence-electron chi connectivity index (χ2n) is 5.25. The van der Waals surface area contributed by atoms with Crippen molar-refractivity contribution >= 4 is 10.9 Å². The Labute approximate surface area is 110 Å². The van der Waals surface area contributed by atoms with Gasteiger partial charge >= 0.3 is 0 Å². The van der Waals surface area contributed by atoms with Crippen LogP contribution in [-0.4, -0.2) is 11.6 Å². The van der Waals surface area contributed by atoms with Gasteiger partial charge in [-0.3, -0.25) is 0 Å². The lowest BCUT2D eigenvalue weighted by Gasteiger charge is -2.14. The Balaban J connectivity index is 2.32. The first-order chi connectivity index (χ1) is 8.76. The number of nitrogens with zero attached hydrogens (tertiary/aromatic N) is 1. The SMILES string of the molecule is CCCC(C)Cn1ccc2cccc(CNC)c21. The molecule has 2 heteroatoms. The third-order valence-electron chi connectivity index (χ3n) is 3.53. The van der Waals surface area contributed by atoms with Crippen LogP contribution in [0.3, 0.4) is 0 Å². The molecule has 1 aromatic heterocycles. The fourth-order valence-corrected chi connectivity index (χ4v) is 2.75. The zero-order valence-electron chi connectivity index (χ0n) is 11.7. The molecule has 0 aliphatic heterocycles. The molecule has 1 aromatic carbocycles. The van der Waals surface area contributed by atoms with E-state index in [0.29, 0.717) is 0 Å². The first kappa shape index (κ1) is 13.2. The number of rotatable bonds is 6. The van der Waals surface area contributed by atoms with E-state index in [2.05, 4.69) is 54.2 Å². The summed E-state index contributed by atoms with van der Waals surface area (Å²) in [6, 6.07) is 8.80. The van der Waals surface area contributed by atoms with Crippen molar-refractivity contribution in [2.24, 2.45) is 5.92 Å². The van der Waals surface area contributed by atoms with E-state index < -0.39 is 0 Å². The highest BCUT2D eigenvalue weighted by Crippen LogP contribution is 2.22. The molecular formula is C16H24N2. The van der Waals surface area contributed by atoms with Crippen molar-refractivity contribution in [1.82, 2.24) is 9.88 Å². The van der Waals surface area contributed by atoms with Gasteiger partial charge in [0.1, 0.15) is 0 Å². The van der Waals surface area contributed by atoms with Crippen molar-refractivity contribution in [3.8, 4) is 0 Å². The van der Waals surface area contributed by atoms with Crippen molar-refractivity contribution in [2.75, 3.05) is 7.05 Å². The molecular weight excluding hydrogens is 220 g/mol. The van der Waals surface area contributed by atoms with E-state index in [-0.39, 0.29) is 0 Å². The maximum absolute atomic E-state index is 3.26. The predicted octanol–water partition coefficient (Wildman–Crippen LogP) is 3.80. The van der Waals surface area contributed by atoms with E-state index in [9.17, 15) is 0 Å². The van der Waals surface area contributed by atoms with Crippen molar-refractivity contribution in [2.45, 2.75) is 39.8 Å². The number of fused-ring (bicyclic) bond motifs is 1. The number of nitrogens with one attached hydrogen (secondary N) is 1. The average molecular weight is 244 g/mol. The fourth-order valence-electron chi connectivity index (χ4n) is 2.75. The minimum Gasteiger partial charge on any atom is -0.347 e. The van der Waals surface area contributed by atoms with Gasteiger partial charge in [0.15, 0.2) is 0 Å². The summed E-state index contributed by atoms with van der Waals surface area (Å²) in [5, 5.41) is 4.61. The van der Waals surface area contributed by atoms with Crippen LogP contribution in [0.1, 0.15) is 32.3 Å². The molecule has 98 valence electrons. The second-order valence-corrected chi connectivity index (χ2v) is 5.25. The molecule has 0 saturated carbocycles. The van der Waals surface area contributed by atoms with E-state index in [1.807, 2.05) is 7.05 Å². The second kappa shape index (κ2) is 6.05. The zero-order valence-corrected chi connectivity index (χ0v) is 11.7. The number of hydrogen-bond acceptors (Lipinski definition) is 1. The van der Waals surface area contributed by atoms with Crippen LogP contribution in [0.2, 0.25) is 0 Å². The van der Waals surface area contributed by atoms with Crippen LogP contribution in [-0.2, 0) is 13.1 Å².